The van der Waals surface area contributed by atoms with E-state index in [0.717, 1.165) is 32.4 Å². The average molecular weight is 341 g/mol. The predicted molar refractivity (Wildman–Crippen MR) is 92.5 cm³/mol. The first kappa shape index (κ1) is 15.4. The van der Waals surface area contributed by atoms with E-state index in [9.17, 15) is 9.18 Å². The molecule has 1 spiro atoms. The minimum absolute atomic E-state index is 0.00403. The van der Waals surface area contributed by atoms with Crippen molar-refractivity contribution in [2.45, 2.75) is 38.2 Å². The largest absolute Gasteiger partial charge is 0.487 e. The second-order valence-corrected chi connectivity index (χ2v) is 8.17. The van der Waals surface area contributed by atoms with Crippen molar-refractivity contribution in [2.24, 2.45) is 23.2 Å². The van der Waals surface area contributed by atoms with Crippen LogP contribution in [0.5, 0.6) is 5.75 Å². The van der Waals surface area contributed by atoms with Gasteiger partial charge in [0.05, 0.1) is 0 Å². The highest BCUT2D eigenvalue weighted by atomic mass is 19.1. The number of hydrogen-bond donors (Lipinski definition) is 0. The minimum Gasteiger partial charge on any atom is -0.487 e. The summed E-state index contributed by atoms with van der Waals surface area (Å²) in [5.41, 5.74) is 0.465. The Balaban J connectivity index is 1.19. The molecule has 1 aromatic rings. The fourth-order valence-electron chi connectivity index (χ4n) is 5.40. The Labute approximate surface area is 147 Å². The number of piperidine rings is 1. The molecule has 4 aliphatic rings. The van der Waals surface area contributed by atoms with Crippen molar-refractivity contribution in [1.82, 2.24) is 4.90 Å². The van der Waals surface area contributed by atoms with Crippen LogP contribution in [-0.2, 0) is 4.79 Å². The molecule has 1 saturated heterocycles. The summed E-state index contributed by atoms with van der Waals surface area (Å²) in [6, 6.07) is 6.54. The van der Waals surface area contributed by atoms with Crippen LogP contribution >= 0.6 is 0 Å². The number of carbonyl (C=O) groups is 1. The van der Waals surface area contributed by atoms with Gasteiger partial charge in [0.2, 0.25) is 5.91 Å². The Morgan fingerprint density at radius 1 is 1.16 bits per heavy atom. The number of likely N-dealkylation sites (tertiary alicyclic amines) is 1. The number of para-hydroxylation sites is 1. The van der Waals surface area contributed by atoms with Crippen molar-refractivity contribution in [2.75, 3.05) is 13.1 Å². The van der Waals surface area contributed by atoms with E-state index >= 15 is 0 Å². The third-order valence-electron chi connectivity index (χ3n) is 6.92. The van der Waals surface area contributed by atoms with E-state index in [1.807, 2.05) is 4.90 Å². The van der Waals surface area contributed by atoms with Gasteiger partial charge in [-0.25, -0.2) is 4.39 Å². The molecule has 3 aliphatic carbocycles. The summed E-state index contributed by atoms with van der Waals surface area (Å²) in [5.74, 6) is 1.67. The van der Waals surface area contributed by atoms with E-state index in [4.69, 9.17) is 4.74 Å². The number of rotatable bonds is 3. The maximum Gasteiger partial charge on any atom is 0.226 e. The van der Waals surface area contributed by atoms with E-state index in [1.165, 1.54) is 18.9 Å². The Hall–Kier alpha value is -1.84. The molecule has 132 valence electrons. The van der Waals surface area contributed by atoms with E-state index < -0.39 is 0 Å². The first-order valence-electron chi connectivity index (χ1n) is 9.56. The van der Waals surface area contributed by atoms with Crippen molar-refractivity contribution in [3.63, 3.8) is 0 Å². The Morgan fingerprint density at radius 2 is 1.92 bits per heavy atom. The Bertz CT molecular complexity index is 718. The molecule has 0 radical (unpaired) electrons. The molecular formula is C21H24FNO2. The first-order chi connectivity index (χ1) is 12.2. The number of carbonyl (C=O) groups excluding carboxylic acids is 1. The third-order valence-corrected chi connectivity index (χ3v) is 6.92. The van der Waals surface area contributed by atoms with Gasteiger partial charge >= 0.3 is 0 Å². The lowest BCUT2D eigenvalue weighted by Crippen LogP contribution is -2.45. The van der Waals surface area contributed by atoms with E-state index in [0.29, 0.717) is 28.9 Å². The monoisotopic (exact) mass is 341 g/mol. The van der Waals surface area contributed by atoms with Crippen LogP contribution in [0.1, 0.15) is 32.1 Å². The normalized spacial score (nSPS) is 32.4. The summed E-state index contributed by atoms with van der Waals surface area (Å²) in [6.45, 7) is 1.45. The molecule has 3 fully saturated rings. The lowest BCUT2D eigenvalue weighted by Gasteiger charge is -2.35. The number of allylic oxidation sites excluding steroid dienone is 2. The molecule has 1 aromatic carbocycles. The zero-order valence-electron chi connectivity index (χ0n) is 14.4. The number of amides is 1. The maximum absolute atomic E-state index is 13.7. The fraction of sp³-hybridized carbons (Fsp3) is 0.571. The smallest absolute Gasteiger partial charge is 0.226 e. The van der Waals surface area contributed by atoms with Gasteiger partial charge in [-0.3, -0.25) is 4.79 Å². The van der Waals surface area contributed by atoms with E-state index in [-0.39, 0.29) is 17.8 Å². The zero-order chi connectivity index (χ0) is 17.0. The summed E-state index contributed by atoms with van der Waals surface area (Å²) in [5, 5.41) is 0. The Kier molecular flexibility index (Phi) is 3.44. The number of hydrogen-bond acceptors (Lipinski definition) is 2. The lowest BCUT2D eigenvalue weighted by atomic mass is 9.87. The van der Waals surface area contributed by atoms with Crippen molar-refractivity contribution < 1.29 is 13.9 Å². The van der Waals surface area contributed by atoms with Crippen LogP contribution < -0.4 is 4.74 Å². The van der Waals surface area contributed by atoms with Crippen molar-refractivity contribution in [3.8, 4) is 5.75 Å². The van der Waals surface area contributed by atoms with Gasteiger partial charge in [0.15, 0.2) is 11.6 Å². The van der Waals surface area contributed by atoms with Gasteiger partial charge < -0.3 is 9.64 Å². The van der Waals surface area contributed by atoms with Gasteiger partial charge in [0.25, 0.3) is 0 Å². The van der Waals surface area contributed by atoms with Crippen molar-refractivity contribution in [1.29, 1.82) is 0 Å². The molecule has 25 heavy (non-hydrogen) atoms. The van der Waals surface area contributed by atoms with Crippen molar-refractivity contribution >= 4 is 5.91 Å². The van der Waals surface area contributed by atoms with Crippen LogP contribution in [0.25, 0.3) is 0 Å². The molecule has 2 bridgehead atoms. The summed E-state index contributed by atoms with van der Waals surface area (Å²) >= 11 is 0. The molecule has 3 atom stereocenters. The molecule has 2 saturated carbocycles. The van der Waals surface area contributed by atoms with Gasteiger partial charge in [-0.05, 0) is 48.6 Å². The number of halogens is 1. The first-order valence-corrected chi connectivity index (χ1v) is 9.56. The minimum atomic E-state index is -0.315. The highest BCUT2D eigenvalue weighted by molar-refractivity contribution is 5.80. The molecule has 5 rings (SSSR count). The summed E-state index contributed by atoms with van der Waals surface area (Å²) in [6.07, 6.45) is 9.88. The van der Waals surface area contributed by atoms with Gasteiger partial charge in [-0.2, -0.15) is 0 Å². The van der Waals surface area contributed by atoms with Gasteiger partial charge in [0, 0.05) is 31.8 Å². The molecule has 0 aromatic heterocycles. The molecule has 1 amide bonds. The van der Waals surface area contributed by atoms with Crippen LogP contribution in [0.2, 0.25) is 0 Å². The van der Waals surface area contributed by atoms with Crippen LogP contribution in [-0.4, -0.2) is 30.0 Å². The maximum atomic E-state index is 13.7. The van der Waals surface area contributed by atoms with E-state index in [2.05, 4.69) is 12.2 Å². The predicted octanol–water partition coefficient (Wildman–Crippen LogP) is 3.80. The molecule has 0 N–H and O–H groups in total. The molecule has 0 unspecified atom stereocenters. The number of ether oxygens (including phenoxy) is 1. The fourth-order valence-corrected chi connectivity index (χ4v) is 5.40. The van der Waals surface area contributed by atoms with Crippen LogP contribution in [0.4, 0.5) is 4.39 Å². The SMILES string of the molecule is O=C([C@H]1C[C@H]2C=C[C@H]1C21CC1)N1CCC(Oc2ccccc2F)CC1. The highest BCUT2D eigenvalue weighted by Crippen LogP contribution is 2.70. The Morgan fingerprint density at radius 3 is 2.60 bits per heavy atom. The second kappa shape index (κ2) is 5.58. The quantitative estimate of drug-likeness (QED) is 0.783. The highest BCUT2D eigenvalue weighted by Gasteiger charge is 2.64. The third kappa shape index (κ3) is 2.41. The number of nitrogens with zero attached hydrogens (tertiary/aromatic N) is 1. The number of benzene rings is 1. The van der Waals surface area contributed by atoms with Gasteiger partial charge in [-0.15, -0.1) is 0 Å². The van der Waals surface area contributed by atoms with Crippen LogP contribution in [0.15, 0.2) is 36.4 Å². The van der Waals surface area contributed by atoms with E-state index in [1.54, 1.807) is 18.2 Å². The molecule has 1 aliphatic heterocycles. The standard InChI is InChI=1S/C21H24FNO2/c22-18-3-1-2-4-19(18)25-15-7-11-23(12-8-15)20(24)16-13-14-5-6-17(16)21(14)9-10-21/h1-6,14-17H,7-13H2/t14-,16+,17-/m1/s1. The second-order valence-electron chi connectivity index (χ2n) is 8.17. The summed E-state index contributed by atoms with van der Waals surface area (Å²) in [7, 11) is 0. The average Bonchev–Trinajstić information content (AvgIpc) is 3.30. The van der Waals surface area contributed by atoms with Gasteiger partial charge in [-0.1, -0.05) is 24.3 Å². The van der Waals surface area contributed by atoms with Crippen LogP contribution in [0.3, 0.4) is 0 Å². The molecule has 4 heteroatoms. The molecule has 3 nitrogen and oxygen atoms in total. The van der Waals surface area contributed by atoms with Gasteiger partial charge in [0.1, 0.15) is 6.10 Å². The lowest BCUT2D eigenvalue weighted by molar-refractivity contribution is -0.138. The summed E-state index contributed by atoms with van der Waals surface area (Å²) < 4.78 is 19.5. The molecular weight excluding hydrogens is 317 g/mol. The zero-order valence-corrected chi connectivity index (χ0v) is 14.4. The topological polar surface area (TPSA) is 29.5 Å². The molecule has 1 heterocycles. The summed E-state index contributed by atoms with van der Waals surface area (Å²) in [4.78, 5) is 15.0. The van der Waals surface area contributed by atoms with Crippen molar-refractivity contribution in [3.05, 3.63) is 42.2 Å². The van der Waals surface area contributed by atoms with Crippen LogP contribution in [0, 0.1) is 29.0 Å².